The van der Waals surface area contributed by atoms with E-state index >= 15 is 0 Å². The number of ether oxygens (including phenoxy) is 1. The van der Waals surface area contributed by atoms with Gasteiger partial charge in [0.25, 0.3) is 0 Å². The van der Waals surface area contributed by atoms with Crippen LogP contribution in [-0.4, -0.2) is 24.1 Å². The average Bonchev–Trinajstić information content (AvgIpc) is 2.61. The van der Waals surface area contributed by atoms with E-state index in [1.807, 2.05) is 18.2 Å². The monoisotopic (exact) mass is 270 g/mol. The molecule has 5 heteroatoms. The number of halogens is 1. The Labute approximate surface area is 97.7 Å². The maximum absolute atomic E-state index is 9.49. The second-order valence-electron chi connectivity index (χ2n) is 3.41. The van der Waals surface area contributed by atoms with Crippen molar-refractivity contribution in [3.63, 3.8) is 0 Å². The van der Waals surface area contributed by atoms with Crippen molar-refractivity contribution in [2.45, 2.75) is 13.0 Å². The van der Waals surface area contributed by atoms with E-state index in [-0.39, 0.29) is 0 Å². The van der Waals surface area contributed by atoms with Gasteiger partial charge in [0, 0.05) is 5.33 Å². The highest BCUT2D eigenvalue weighted by molar-refractivity contribution is 9.09. The van der Waals surface area contributed by atoms with E-state index in [2.05, 4.69) is 15.9 Å². The zero-order valence-corrected chi connectivity index (χ0v) is 9.87. The number of benzene rings is 1. The van der Waals surface area contributed by atoms with E-state index in [0.717, 1.165) is 28.5 Å². The van der Waals surface area contributed by atoms with Crippen LogP contribution < -0.4 is 10.2 Å². The smallest absolute Gasteiger partial charge is 0.491 e. The highest BCUT2D eigenvalue weighted by Gasteiger charge is 2.27. The second kappa shape index (κ2) is 5.01. The second-order valence-corrected chi connectivity index (χ2v) is 4.21. The third-order valence-electron chi connectivity index (χ3n) is 2.33. The Morgan fingerprint density at radius 1 is 1.53 bits per heavy atom. The zero-order chi connectivity index (χ0) is 10.7. The van der Waals surface area contributed by atoms with Crippen LogP contribution >= 0.6 is 15.9 Å². The summed E-state index contributed by atoms with van der Waals surface area (Å²) in [4.78, 5) is 0. The molecule has 0 saturated carbocycles. The first-order valence-electron chi connectivity index (χ1n) is 4.92. The van der Waals surface area contributed by atoms with Crippen molar-refractivity contribution in [2.75, 3.05) is 11.9 Å². The number of rotatable bonds is 4. The zero-order valence-electron chi connectivity index (χ0n) is 8.28. The summed E-state index contributed by atoms with van der Waals surface area (Å²) in [6, 6.07) is 5.70. The molecule has 1 aromatic rings. The van der Waals surface area contributed by atoms with E-state index in [1.165, 1.54) is 0 Å². The Kier molecular flexibility index (Phi) is 3.67. The van der Waals surface area contributed by atoms with Gasteiger partial charge in [0.2, 0.25) is 0 Å². The van der Waals surface area contributed by atoms with Gasteiger partial charge in [-0.25, -0.2) is 0 Å². The summed E-state index contributed by atoms with van der Waals surface area (Å²) in [5.74, 6) is 0.791. The van der Waals surface area contributed by atoms with E-state index in [4.69, 9.17) is 9.39 Å². The van der Waals surface area contributed by atoms with Gasteiger partial charge in [-0.15, -0.1) is 0 Å². The van der Waals surface area contributed by atoms with Gasteiger partial charge in [0.1, 0.15) is 5.75 Å². The summed E-state index contributed by atoms with van der Waals surface area (Å²) in [6.07, 6.45) is 0.968. The number of alkyl halides is 1. The lowest BCUT2D eigenvalue weighted by Crippen LogP contribution is -2.28. The Morgan fingerprint density at radius 3 is 3.20 bits per heavy atom. The van der Waals surface area contributed by atoms with Gasteiger partial charge in [-0.1, -0.05) is 22.0 Å². The highest BCUT2D eigenvalue weighted by atomic mass is 79.9. The molecule has 15 heavy (non-hydrogen) atoms. The molecule has 1 aliphatic heterocycles. The minimum Gasteiger partial charge on any atom is -0.494 e. The molecular weight excluding hydrogens is 259 g/mol. The molecule has 2 rings (SSSR count). The fourth-order valence-electron chi connectivity index (χ4n) is 1.53. The van der Waals surface area contributed by atoms with Crippen molar-refractivity contribution >= 4 is 28.5 Å². The molecule has 1 aliphatic rings. The number of fused-ring (bicyclic) bond motifs is 1. The summed E-state index contributed by atoms with van der Waals surface area (Å²) in [7, 11) is -0.792. The quantitative estimate of drug-likeness (QED) is 0.505. The van der Waals surface area contributed by atoms with Crippen molar-refractivity contribution in [3.8, 4) is 5.75 Å². The molecule has 1 heterocycles. The molecule has 0 bridgehead atoms. The van der Waals surface area contributed by atoms with Gasteiger partial charge in [0.05, 0.1) is 13.2 Å². The van der Waals surface area contributed by atoms with Crippen LogP contribution in [0.15, 0.2) is 18.2 Å². The Morgan fingerprint density at radius 2 is 2.40 bits per heavy atom. The van der Waals surface area contributed by atoms with Gasteiger partial charge in [-0.3, -0.25) is 0 Å². The molecule has 80 valence electrons. The first-order chi connectivity index (χ1) is 7.31. The molecule has 0 fully saturated rings. The topological polar surface area (TPSA) is 38.7 Å². The summed E-state index contributed by atoms with van der Waals surface area (Å²) < 4.78 is 10.6. The van der Waals surface area contributed by atoms with Crippen molar-refractivity contribution in [1.29, 1.82) is 0 Å². The van der Waals surface area contributed by atoms with Crippen LogP contribution in [0, 0.1) is 0 Å². The van der Waals surface area contributed by atoms with Crippen LogP contribution in [0.3, 0.4) is 0 Å². The fraction of sp³-hybridized carbons (Fsp3) is 0.400. The lowest BCUT2D eigenvalue weighted by molar-refractivity contribution is 0.275. The molecule has 0 aromatic heterocycles. The van der Waals surface area contributed by atoms with Crippen molar-refractivity contribution in [1.82, 2.24) is 0 Å². The maximum Gasteiger partial charge on any atom is 0.491 e. The molecule has 0 atom stereocenters. The SMILES string of the molecule is OB1OCc2ccc(OCCCBr)cc21. The van der Waals surface area contributed by atoms with E-state index in [9.17, 15) is 5.02 Å². The first kappa shape index (κ1) is 11.0. The predicted molar refractivity (Wildman–Crippen MR) is 62.7 cm³/mol. The van der Waals surface area contributed by atoms with Crippen LogP contribution in [0.2, 0.25) is 0 Å². The Balaban J connectivity index is 2.05. The van der Waals surface area contributed by atoms with Gasteiger partial charge < -0.3 is 14.4 Å². The molecule has 3 nitrogen and oxygen atoms in total. The molecule has 0 saturated heterocycles. The third-order valence-corrected chi connectivity index (χ3v) is 2.89. The van der Waals surface area contributed by atoms with Gasteiger partial charge in [-0.2, -0.15) is 0 Å². The van der Waals surface area contributed by atoms with E-state index < -0.39 is 7.12 Å². The summed E-state index contributed by atoms with van der Waals surface area (Å²) >= 11 is 3.34. The molecule has 1 aromatic carbocycles. The van der Waals surface area contributed by atoms with Gasteiger partial charge in [0.15, 0.2) is 0 Å². The lowest BCUT2D eigenvalue weighted by Gasteiger charge is -2.06. The fourth-order valence-corrected chi connectivity index (χ4v) is 1.76. The van der Waals surface area contributed by atoms with Crippen LogP contribution in [0.1, 0.15) is 12.0 Å². The maximum atomic E-state index is 9.49. The lowest BCUT2D eigenvalue weighted by atomic mass is 9.79. The molecule has 0 aliphatic carbocycles. The average molecular weight is 271 g/mol. The minimum atomic E-state index is -0.792. The molecule has 0 unspecified atom stereocenters. The normalized spacial score (nSPS) is 14.1. The summed E-state index contributed by atoms with van der Waals surface area (Å²) in [5, 5.41) is 10.4. The van der Waals surface area contributed by atoms with Crippen molar-refractivity contribution in [3.05, 3.63) is 23.8 Å². The van der Waals surface area contributed by atoms with E-state index in [1.54, 1.807) is 0 Å². The molecular formula is C10H12BBrO3. The number of hydrogen-bond donors (Lipinski definition) is 1. The van der Waals surface area contributed by atoms with Crippen molar-refractivity contribution < 1.29 is 14.4 Å². The highest BCUT2D eigenvalue weighted by Crippen LogP contribution is 2.16. The van der Waals surface area contributed by atoms with Crippen LogP contribution in [0.5, 0.6) is 5.75 Å². The third kappa shape index (κ3) is 2.54. The van der Waals surface area contributed by atoms with E-state index in [0.29, 0.717) is 13.2 Å². The molecule has 0 radical (unpaired) electrons. The standard InChI is InChI=1S/C10H12BBrO3/c12-4-1-5-14-9-3-2-8-7-15-11(13)10(8)6-9/h2-3,6,13H,1,4-5,7H2. The Bertz CT molecular complexity index is 345. The number of hydrogen-bond acceptors (Lipinski definition) is 3. The Hall–Kier alpha value is -0.515. The van der Waals surface area contributed by atoms with Crippen LogP contribution in [-0.2, 0) is 11.3 Å². The molecule has 0 amide bonds. The largest absolute Gasteiger partial charge is 0.494 e. The predicted octanol–water partition coefficient (Wildman–Crippen LogP) is 1.07. The van der Waals surface area contributed by atoms with Gasteiger partial charge >= 0.3 is 7.12 Å². The first-order valence-corrected chi connectivity index (χ1v) is 6.04. The van der Waals surface area contributed by atoms with Crippen LogP contribution in [0.25, 0.3) is 0 Å². The summed E-state index contributed by atoms with van der Waals surface area (Å²) in [5.41, 5.74) is 1.86. The minimum absolute atomic E-state index is 0.484. The van der Waals surface area contributed by atoms with Crippen LogP contribution in [0.4, 0.5) is 0 Å². The molecule has 0 spiro atoms. The summed E-state index contributed by atoms with van der Waals surface area (Å²) in [6.45, 7) is 1.17. The van der Waals surface area contributed by atoms with Crippen molar-refractivity contribution in [2.24, 2.45) is 0 Å². The van der Waals surface area contributed by atoms with Gasteiger partial charge in [-0.05, 0) is 29.6 Å². The molecule has 1 N–H and O–H groups in total.